The Bertz CT molecular complexity index is 1080. The number of hydrogen-bond acceptors (Lipinski definition) is 4. The fourth-order valence-electron chi connectivity index (χ4n) is 3.10. The summed E-state index contributed by atoms with van der Waals surface area (Å²) in [6.45, 7) is 0. The Morgan fingerprint density at radius 3 is 1.45 bits per heavy atom. The summed E-state index contributed by atoms with van der Waals surface area (Å²) in [6.07, 6.45) is 1.67. The first-order valence-electron chi connectivity index (χ1n) is 8.94. The molecule has 3 nitrogen and oxygen atoms in total. The molecule has 0 spiro atoms. The Morgan fingerprint density at radius 2 is 1.07 bits per heavy atom. The summed E-state index contributed by atoms with van der Waals surface area (Å²) in [7, 11) is 0. The molecule has 1 heterocycles. The fourth-order valence-corrected chi connectivity index (χ4v) is 4.49. The molecule has 4 aromatic rings. The molecule has 1 aromatic heterocycles. The van der Waals surface area contributed by atoms with Gasteiger partial charge in [-0.05, 0) is 94.3 Å². The molecule has 0 atom stereocenters. The van der Waals surface area contributed by atoms with E-state index in [0.29, 0.717) is 11.1 Å². The number of hydrogen-bond donors (Lipinski definition) is 0. The number of halogens is 1. The van der Waals surface area contributed by atoms with Crippen LogP contribution in [0.4, 0.5) is 17.1 Å². The highest BCUT2D eigenvalue weighted by Gasteiger charge is 2.13. The van der Waals surface area contributed by atoms with Gasteiger partial charge >= 0.3 is 0 Å². The van der Waals surface area contributed by atoms with E-state index in [0.717, 1.165) is 39.0 Å². The van der Waals surface area contributed by atoms with Crippen LogP contribution in [0.3, 0.4) is 0 Å². The number of benzene rings is 3. The average molecular weight is 462 g/mol. The van der Waals surface area contributed by atoms with Crippen LogP contribution in [0.5, 0.6) is 0 Å². The molecule has 0 aliphatic heterocycles. The van der Waals surface area contributed by atoms with Gasteiger partial charge in [0, 0.05) is 33.1 Å². The Balaban J connectivity index is 1.76. The van der Waals surface area contributed by atoms with Crippen LogP contribution in [0.15, 0.2) is 88.7 Å². The Labute approximate surface area is 181 Å². The zero-order valence-electron chi connectivity index (χ0n) is 15.3. The lowest BCUT2D eigenvalue weighted by atomic mass is 10.1. The summed E-state index contributed by atoms with van der Waals surface area (Å²) in [4.78, 5) is 25.3. The van der Waals surface area contributed by atoms with Gasteiger partial charge in [-0.15, -0.1) is 11.3 Å². The lowest BCUT2D eigenvalue weighted by Crippen LogP contribution is -2.10. The van der Waals surface area contributed by atoms with Gasteiger partial charge in [-0.2, -0.15) is 0 Å². The molecule has 0 aliphatic carbocycles. The van der Waals surface area contributed by atoms with Gasteiger partial charge in [0.1, 0.15) is 12.6 Å². The third kappa shape index (κ3) is 4.21. The van der Waals surface area contributed by atoms with Crippen molar-refractivity contribution in [3.05, 3.63) is 99.8 Å². The molecule has 0 fully saturated rings. The van der Waals surface area contributed by atoms with Crippen molar-refractivity contribution < 1.29 is 9.59 Å². The Hall–Kier alpha value is -3.02. The van der Waals surface area contributed by atoms with E-state index < -0.39 is 0 Å². The van der Waals surface area contributed by atoms with E-state index in [-0.39, 0.29) is 0 Å². The largest absolute Gasteiger partial charge is 0.311 e. The van der Waals surface area contributed by atoms with Crippen LogP contribution in [0, 0.1) is 0 Å². The highest BCUT2D eigenvalue weighted by atomic mass is 79.9. The smallest absolute Gasteiger partial charge is 0.150 e. The van der Waals surface area contributed by atoms with E-state index in [1.165, 1.54) is 4.88 Å². The molecular weight excluding hydrogens is 446 g/mol. The zero-order chi connectivity index (χ0) is 20.2. The molecule has 29 heavy (non-hydrogen) atoms. The molecule has 0 saturated carbocycles. The molecule has 0 unspecified atom stereocenters. The number of carbonyl (C=O) groups is 2. The van der Waals surface area contributed by atoms with Crippen molar-refractivity contribution in [1.82, 2.24) is 0 Å². The highest BCUT2D eigenvalue weighted by Crippen LogP contribution is 2.37. The topological polar surface area (TPSA) is 37.4 Å². The first kappa shape index (κ1) is 19.3. The maximum absolute atomic E-state index is 11.0. The van der Waals surface area contributed by atoms with Crippen molar-refractivity contribution in [2.24, 2.45) is 0 Å². The molecule has 5 heteroatoms. The van der Waals surface area contributed by atoms with Crippen LogP contribution in [0.1, 0.15) is 20.7 Å². The summed E-state index contributed by atoms with van der Waals surface area (Å²) in [5, 5.41) is 0. The highest BCUT2D eigenvalue weighted by molar-refractivity contribution is 9.11. The van der Waals surface area contributed by atoms with Gasteiger partial charge in [-0.25, -0.2) is 0 Å². The lowest BCUT2D eigenvalue weighted by Gasteiger charge is -2.25. The summed E-state index contributed by atoms with van der Waals surface area (Å²) in [5.74, 6) is 0. The van der Waals surface area contributed by atoms with E-state index in [9.17, 15) is 9.59 Å². The van der Waals surface area contributed by atoms with E-state index >= 15 is 0 Å². The standard InChI is InChI=1S/C24H16BrNO2S/c25-24-14-13-23(29-24)19-5-11-22(12-6-19)26(20-7-1-17(15-27)2-8-20)21-9-3-18(16-28)4-10-21/h1-16H. The second kappa shape index (κ2) is 8.55. The van der Waals surface area contributed by atoms with Crippen molar-refractivity contribution >= 4 is 56.9 Å². The monoisotopic (exact) mass is 461 g/mol. The van der Waals surface area contributed by atoms with E-state index in [4.69, 9.17) is 0 Å². The maximum Gasteiger partial charge on any atom is 0.150 e. The number of nitrogens with zero attached hydrogens (tertiary/aromatic N) is 1. The maximum atomic E-state index is 11.0. The van der Waals surface area contributed by atoms with Crippen molar-refractivity contribution in [2.45, 2.75) is 0 Å². The first-order chi connectivity index (χ1) is 14.2. The Morgan fingerprint density at radius 1 is 0.621 bits per heavy atom. The summed E-state index contributed by atoms with van der Waals surface area (Å²) in [5.41, 5.74) is 5.26. The van der Waals surface area contributed by atoms with Crippen LogP contribution >= 0.6 is 27.3 Å². The normalized spacial score (nSPS) is 10.5. The molecule has 4 rings (SSSR count). The van der Waals surface area contributed by atoms with E-state index in [1.54, 1.807) is 35.6 Å². The molecule has 142 valence electrons. The first-order valence-corrected chi connectivity index (χ1v) is 10.6. The van der Waals surface area contributed by atoms with Crippen LogP contribution < -0.4 is 4.90 Å². The van der Waals surface area contributed by atoms with E-state index in [2.05, 4.69) is 51.2 Å². The van der Waals surface area contributed by atoms with Gasteiger partial charge in [0.2, 0.25) is 0 Å². The number of thiophene rings is 1. The van der Waals surface area contributed by atoms with Crippen molar-refractivity contribution in [3.8, 4) is 10.4 Å². The third-order valence-corrected chi connectivity index (χ3v) is 6.23. The fraction of sp³-hybridized carbons (Fsp3) is 0. The predicted octanol–water partition coefficient (Wildman–Crippen LogP) is 7.27. The van der Waals surface area contributed by atoms with Crippen molar-refractivity contribution in [3.63, 3.8) is 0 Å². The quantitative estimate of drug-likeness (QED) is 0.283. The molecule has 0 saturated heterocycles. The number of rotatable bonds is 6. The van der Waals surface area contributed by atoms with Crippen LogP contribution in [-0.4, -0.2) is 12.6 Å². The zero-order valence-corrected chi connectivity index (χ0v) is 17.7. The molecule has 3 aromatic carbocycles. The molecule has 0 bridgehead atoms. The Kier molecular flexibility index (Phi) is 5.69. The minimum absolute atomic E-state index is 0.628. The van der Waals surface area contributed by atoms with Crippen molar-refractivity contribution in [1.29, 1.82) is 0 Å². The summed E-state index contributed by atoms with van der Waals surface area (Å²) in [6, 6.07) is 27.3. The second-order valence-electron chi connectivity index (χ2n) is 6.40. The number of anilines is 3. The molecule has 0 N–H and O–H groups in total. The lowest BCUT2D eigenvalue weighted by molar-refractivity contribution is 0.111. The summed E-state index contributed by atoms with van der Waals surface area (Å²) < 4.78 is 1.10. The number of carbonyl (C=O) groups excluding carboxylic acids is 2. The van der Waals surface area contributed by atoms with Crippen LogP contribution in [0.2, 0.25) is 0 Å². The SMILES string of the molecule is O=Cc1ccc(N(c2ccc(C=O)cc2)c2ccc(-c3ccc(Br)s3)cc2)cc1. The van der Waals surface area contributed by atoms with E-state index in [1.807, 2.05) is 30.3 Å². The number of aldehydes is 2. The third-order valence-electron chi connectivity index (χ3n) is 4.56. The second-order valence-corrected chi connectivity index (χ2v) is 8.87. The van der Waals surface area contributed by atoms with Crippen molar-refractivity contribution in [2.75, 3.05) is 4.90 Å². The average Bonchev–Trinajstić information content (AvgIpc) is 3.22. The minimum atomic E-state index is 0.628. The van der Waals surface area contributed by atoms with Gasteiger partial charge in [0.15, 0.2) is 0 Å². The van der Waals surface area contributed by atoms with Crippen LogP contribution in [0.25, 0.3) is 10.4 Å². The van der Waals surface area contributed by atoms with Gasteiger partial charge in [0.05, 0.1) is 3.79 Å². The molecule has 0 amide bonds. The minimum Gasteiger partial charge on any atom is -0.311 e. The van der Waals surface area contributed by atoms with Gasteiger partial charge in [0.25, 0.3) is 0 Å². The molecule has 0 aliphatic rings. The van der Waals surface area contributed by atoms with Gasteiger partial charge in [-0.3, -0.25) is 9.59 Å². The predicted molar refractivity (Wildman–Crippen MR) is 123 cm³/mol. The summed E-state index contributed by atoms with van der Waals surface area (Å²) >= 11 is 5.21. The van der Waals surface area contributed by atoms with Gasteiger partial charge in [-0.1, -0.05) is 12.1 Å². The van der Waals surface area contributed by atoms with Gasteiger partial charge < -0.3 is 4.90 Å². The molecular formula is C24H16BrNO2S. The van der Waals surface area contributed by atoms with Crippen LogP contribution in [-0.2, 0) is 0 Å². The molecule has 0 radical (unpaired) electrons.